The topological polar surface area (TPSA) is 107 Å². The van der Waals surface area contributed by atoms with Gasteiger partial charge in [0, 0.05) is 28.6 Å². The van der Waals surface area contributed by atoms with Gasteiger partial charge >= 0.3 is 5.97 Å². The van der Waals surface area contributed by atoms with Crippen LogP contribution in [0, 0.1) is 6.92 Å². The maximum absolute atomic E-state index is 12.2. The van der Waals surface area contributed by atoms with Gasteiger partial charge in [-0.25, -0.2) is 9.31 Å². The molecule has 0 bridgehead atoms. The second-order valence-corrected chi connectivity index (χ2v) is 8.07. The number of carbonyl (C=O) groups excluding carboxylic acids is 1. The smallest absolute Gasteiger partial charge is 0.344 e. The minimum Gasteiger partial charge on any atom is -0.479 e. The van der Waals surface area contributed by atoms with E-state index in [1.807, 2.05) is 37.3 Å². The zero-order chi connectivity index (χ0) is 22.3. The van der Waals surface area contributed by atoms with E-state index in [4.69, 9.17) is 22.1 Å². The molecule has 3 N–H and O–H groups in total. The molecule has 0 saturated heterocycles. The molecule has 0 spiro atoms. The van der Waals surface area contributed by atoms with Gasteiger partial charge in [-0.2, -0.15) is 5.10 Å². The Balaban J connectivity index is 1.99. The van der Waals surface area contributed by atoms with Crippen LogP contribution in [0.3, 0.4) is 0 Å². The number of hydrogen-bond acceptors (Lipinski definition) is 4. The average Bonchev–Trinajstić information content (AvgIpc) is 3.03. The zero-order valence-electron chi connectivity index (χ0n) is 17.2. The molecule has 2 aromatic heterocycles. The van der Waals surface area contributed by atoms with E-state index < -0.39 is 18.0 Å². The number of carboxylic acid groups (broad SMARTS) is 1. The molecule has 1 aliphatic carbocycles. The number of amides is 1. The van der Waals surface area contributed by atoms with Crippen molar-refractivity contribution in [1.82, 2.24) is 9.61 Å². The first-order valence-corrected chi connectivity index (χ1v) is 10.3. The predicted octanol–water partition coefficient (Wildman–Crippen LogP) is 3.55. The van der Waals surface area contributed by atoms with Crippen molar-refractivity contribution in [3.8, 4) is 5.75 Å². The largest absolute Gasteiger partial charge is 0.479 e. The number of carboxylic acids is 1. The maximum atomic E-state index is 12.2. The summed E-state index contributed by atoms with van der Waals surface area (Å²) in [5, 5.41) is 14.7. The number of carbonyl (C=O) groups is 2. The molecule has 0 saturated carbocycles. The number of primary amides is 1. The molecule has 1 amide bonds. The van der Waals surface area contributed by atoms with Crippen LogP contribution in [0.25, 0.3) is 11.1 Å². The predicted molar refractivity (Wildman–Crippen MR) is 117 cm³/mol. The van der Waals surface area contributed by atoms with Crippen molar-refractivity contribution >= 4 is 34.6 Å². The highest BCUT2D eigenvalue weighted by atomic mass is 35.5. The number of aliphatic carboxylic acids is 1. The van der Waals surface area contributed by atoms with Crippen molar-refractivity contribution in [1.29, 1.82) is 0 Å². The summed E-state index contributed by atoms with van der Waals surface area (Å²) in [4.78, 5) is 23.7. The summed E-state index contributed by atoms with van der Waals surface area (Å²) < 4.78 is 7.55. The molecule has 160 valence electrons. The van der Waals surface area contributed by atoms with E-state index >= 15 is 0 Å². The first-order valence-electron chi connectivity index (χ1n) is 9.94. The van der Waals surface area contributed by atoms with E-state index in [2.05, 4.69) is 5.10 Å². The Morgan fingerprint density at radius 3 is 2.68 bits per heavy atom. The van der Waals surface area contributed by atoms with Gasteiger partial charge in [0.05, 0.1) is 11.4 Å². The normalized spacial score (nSPS) is 14.1. The van der Waals surface area contributed by atoms with Gasteiger partial charge in [0.25, 0.3) is 0 Å². The van der Waals surface area contributed by atoms with Crippen LogP contribution in [-0.2, 0) is 22.4 Å². The number of aryl methyl sites for hydroxylation is 1. The second-order valence-electron chi connectivity index (χ2n) is 7.63. The van der Waals surface area contributed by atoms with Crippen LogP contribution in [-0.4, -0.2) is 32.7 Å². The highest BCUT2D eigenvalue weighted by Gasteiger charge is 2.29. The second kappa shape index (κ2) is 8.07. The third kappa shape index (κ3) is 3.88. The van der Waals surface area contributed by atoms with Gasteiger partial charge in [0.15, 0.2) is 6.10 Å². The molecule has 31 heavy (non-hydrogen) atoms. The lowest BCUT2D eigenvalue weighted by molar-refractivity contribution is -0.144. The lowest BCUT2D eigenvalue weighted by Gasteiger charge is -2.15. The molecule has 1 unspecified atom stereocenters. The van der Waals surface area contributed by atoms with Gasteiger partial charge in [-0.1, -0.05) is 29.8 Å². The molecule has 1 aliphatic rings. The molecular formula is C23H22ClN3O4. The molecule has 0 fully saturated rings. The highest BCUT2D eigenvalue weighted by molar-refractivity contribution is 6.30. The molecule has 1 atom stereocenters. The quantitative estimate of drug-likeness (QED) is 0.610. The van der Waals surface area contributed by atoms with Crippen LogP contribution in [0.5, 0.6) is 5.75 Å². The number of aromatic nitrogens is 2. The van der Waals surface area contributed by atoms with E-state index in [9.17, 15) is 14.7 Å². The zero-order valence-corrected chi connectivity index (χ0v) is 17.9. The van der Waals surface area contributed by atoms with Gasteiger partial charge in [0.2, 0.25) is 5.91 Å². The first kappa shape index (κ1) is 20.9. The molecule has 3 aromatic rings. The molecule has 1 aromatic carbocycles. The van der Waals surface area contributed by atoms with E-state index in [0.717, 1.165) is 16.8 Å². The van der Waals surface area contributed by atoms with Crippen molar-refractivity contribution in [3.63, 3.8) is 0 Å². The van der Waals surface area contributed by atoms with E-state index in [0.29, 0.717) is 52.4 Å². The van der Waals surface area contributed by atoms with Crippen LogP contribution >= 0.6 is 11.6 Å². The maximum Gasteiger partial charge on any atom is 0.344 e. The van der Waals surface area contributed by atoms with Crippen LogP contribution in [0.15, 0.2) is 36.4 Å². The third-order valence-electron chi connectivity index (χ3n) is 5.40. The van der Waals surface area contributed by atoms with Crippen molar-refractivity contribution < 1.29 is 19.4 Å². The van der Waals surface area contributed by atoms with Gasteiger partial charge in [-0.05, 0) is 49.9 Å². The number of rotatable bonds is 6. The summed E-state index contributed by atoms with van der Waals surface area (Å²) in [6.07, 6.45) is 2.70. The first-order chi connectivity index (χ1) is 14.8. The summed E-state index contributed by atoms with van der Waals surface area (Å²) in [7, 11) is 0. The average molecular weight is 440 g/mol. The van der Waals surface area contributed by atoms with Crippen molar-refractivity contribution in [3.05, 3.63) is 69.5 Å². The van der Waals surface area contributed by atoms with Gasteiger partial charge < -0.3 is 15.6 Å². The van der Waals surface area contributed by atoms with E-state index in [-0.39, 0.29) is 0 Å². The molecule has 8 heteroatoms. The van der Waals surface area contributed by atoms with Crippen LogP contribution < -0.4 is 10.5 Å². The fourth-order valence-electron chi connectivity index (χ4n) is 3.99. The SMILES string of the molecule is Cc1cc(OC(C)C(=O)O)c2c3c(c(Cc4ccc(Cl)cc4)n2n1)CCC=C3C(N)=O. The molecular weight excluding hydrogens is 418 g/mol. The fraction of sp³-hybridized carbons (Fsp3) is 0.261. The summed E-state index contributed by atoms with van der Waals surface area (Å²) in [5.41, 5.74) is 10.9. The Labute approximate surface area is 184 Å². The Hall–Kier alpha value is -3.32. The van der Waals surface area contributed by atoms with E-state index in [1.54, 1.807) is 10.6 Å². The number of nitrogens with zero attached hydrogens (tertiary/aromatic N) is 2. The van der Waals surface area contributed by atoms with Crippen LogP contribution in [0.2, 0.25) is 5.02 Å². The molecule has 0 aliphatic heterocycles. The van der Waals surface area contributed by atoms with Gasteiger partial charge in [-0.15, -0.1) is 0 Å². The molecule has 0 radical (unpaired) electrons. The van der Waals surface area contributed by atoms with E-state index in [1.165, 1.54) is 6.92 Å². The monoisotopic (exact) mass is 439 g/mol. The van der Waals surface area contributed by atoms with Gasteiger partial charge in [0.1, 0.15) is 11.3 Å². The minimum atomic E-state index is -1.08. The van der Waals surface area contributed by atoms with Crippen LogP contribution in [0.4, 0.5) is 0 Å². The van der Waals surface area contributed by atoms with Crippen molar-refractivity contribution in [2.24, 2.45) is 5.73 Å². The summed E-state index contributed by atoms with van der Waals surface area (Å²) in [6.45, 7) is 3.27. The third-order valence-corrected chi connectivity index (χ3v) is 5.65. The summed E-state index contributed by atoms with van der Waals surface area (Å²) in [5.74, 6) is -1.26. The summed E-state index contributed by atoms with van der Waals surface area (Å²) >= 11 is 6.03. The molecule has 7 nitrogen and oxygen atoms in total. The summed E-state index contributed by atoms with van der Waals surface area (Å²) in [6, 6.07) is 9.24. The lowest BCUT2D eigenvalue weighted by atomic mass is 9.90. The fourth-order valence-corrected chi connectivity index (χ4v) is 4.12. The van der Waals surface area contributed by atoms with Crippen molar-refractivity contribution in [2.75, 3.05) is 0 Å². The number of nitrogens with two attached hydrogens (primary N) is 1. The van der Waals surface area contributed by atoms with Crippen LogP contribution in [0.1, 0.15) is 41.4 Å². The number of fused-ring (bicyclic) bond motifs is 3. The minimum absolute atomic E-state index is 0.357. The number of ether oxygens (including phenoxy) is 1. The Kier molecular flexibility index (Phi) is 5.45. The van der Waals surface area contributed by atoms with Gasteiger partial charge in [-0.3, -0.25) is 4.79 Å². The number of benzene rings is 1. The number of halogens is 1. The standard InChI is InChI=1S/C23H22ClN3O4/c1-12-10-19(31-13(2)23(29)30)21-20-16(4-3-5-17(20)22(25)28)18(27(21)26-12)11-14-6-8-15(24)9-7-14/h5-10,13H,3-4,11H2,1-2H3,(H2,25,28)(H,29,30). The Morgan fingerprint density at radius 2 is 2.03 bits per heavy atom. The Bertz CT molecular complexity index is 1230. The molecule has 2 heterocycles. The Morgan fingerprint density at radius 1 is 1.32 bits per heavy atom. The number of hydrogen-bond donors (Lipinski definition) is 2. The lowest BCUT2D eigenvalue weighted by Crippen LogP contribution is -2.23. The molecule has 4 rings (SSSR count). The number of allylic oxidation sites excluding steroid dienone is 1. The van der Waals surface area contributed by atoms with Crippen molar-refractivity contribution in [2.45, 2.75) is 39.2 Å². The highest BCUT2D eigenvalue weighted by Crippen LogP contribution is 2.39.